The van der Waals surface area contributed by atoms with Crippen LogP contribution in [0.4, 0.5) is 24.5 Å². The van der Waals surface area contributed by atoms with Gasteiger partial charge < -0.3 is 10.3 Å². The highest BCUT2D eigenvalue weighted by molar-refractivity contribution is 7.92. The van der Waals surface area contributed by atoms with Crippen LogP contribution >= 0.6 is 0 Å². The number of halogens is 3. The van der Waals surface area contributed by atoms with Gasteiger partial charge in [-0.25, -0.2) is 8.42 Å². The molecule has 1 aliphatic heterocycles. The van der Waals surface area contributed by atoms with E-state index in [0.29, 0.717) is 22.7 Å². The molecule has 1 unspecified atom stereocenters. The molecule has 1 aliphatic carbocycles. The molecule has 5 rings (SSSR count). The third-order valence-corrected chi connectivity index (χ3v) is 7.78. The van der Waals surface area contributed by atoms with Gasteiger partial charge in [0, 0.05) is 28.3 Å². The first kappa shape index (κ1) is 23.2. The summed E-state index contributed by atoms with van der Waals surface area (Å²) in [5.41, 5.74) is 3.54. The Bertz CT molecular complexity index is 1460. The smallest absolute Gasteiger partial charge is 0.359 e. The Balaban J connectivity index is 1.45. The van der Waals surface area contributed by atoms with Crippen molar-refractivity contribution in [3.05, 3.63) is 76.6 Å². The fourth-order valence-electron chi connectivity index (χ4n) is 4.58. The Morgan fingerprint density at radius 3 is 2.51 bits per heavy atom. The van der Waals surface area contributed by atoms with E-state index in [1.807, 2.05) is 6.07 Å². The highest BCUT2D eigenvalue weighted by atomic mass is 32.2. The van der Waals surface area contributed by atoms with E-state index in [0.717, 1.165) is 54.9 Å². The molecule has 2 aliphatic rings. The second kappa shape index (κ2) is 8.30. The van der Waals surface area contributed by atoms with Gasteiger partial charge in [-0.05, 0) is 85.4 Å². The Labute approximate surface area is 200 Å². The highest BCUT2D eigenvalue weighted by Crippen LogP contribution is 2.37. The maximum Gasteiger partial charge on any atom is 0.416 e. The maximum absolute atomic E-state index is 12.9. The minimum Gasteiger partial charge on any atom is -0.359 e. The SMILES string of the molecule is CC1CCCc2[nH]c(C=C3C(=O)Nc4ccc(S(=O)(=O)Nc5ccc(C(F)(F)F)cc5)cc43)cc21. The second-order valence-corrected chi connectivity index (χ2v) is 10.5. The molecule has 1 aromatic heterocycles. The van der Waals surface area contributed by atoms with Crippen LogP contribution in [0.25, 0.3) is 11.6 Å². The van der Waals surface area contributed by atoms with Gasteiger partial charge >= 0.3 is 6.18 Å². The number of carbonyl (C=O) groups excluding carboxylic acids is 1. The number of nitrogens with one attached hydrogen (secondary N) is 3. The number of hydrogen-bond donors (Lipinski definition) is 3. The fraction of sp³-hybridized carbons (Fsp3) is 0.240. The summed E-state index contributed by atoms with van der Waals surface area (Å²) < 4.78 is 66.5. The van der Waals surface area contributed by atoms with Crippen molar-refractivity contribution in [2.24, 2.45) is 0 Å². The van der Waals surface area contributed by atoms with Gasteiger partial charge in [0.25, 0.3) is 15.9 Å². The lowest BCUT2D eigenvalue weighted by atomic mass is 9.88. The Kier molecular flexibility index (Phi) is 5.51. The number of alkyl halides is 3. The van der Waals surface area contributed by atoms with Crippen LogP contribution < -0.4 is 10.0 Å². The first-order chi connectivity index (χ1) is 16.5. The number of aromatic amines is 1. The minimum absolute atomic E-state index is 0.00505. The molecule has 0 saturated carbocycles. The van der Waals surface area contributed by atoms with Crippen LogP contribution in [0.5, 0.6) is 0 Å². The quantitative estimate of drug-likeness (QED) is 0.397. The molecule has 0 radical (unpaired) electrons. The van der Waals surface area contributed by atoms with Crippen molar-refractivity contribution in [3.63, 3.8) is 0 Å². The number of amides is 1. The molecular weight excluding hydrogens is 479 g/mol. The van der Waals surface area contributed by atoms with E-state index in [4.69, 9.17) is 0 Å². The molecule has 182 valence electrons. The molecule has 0 fully saturated rings. The number of anilines is 2. The zero-order valence-electron chi connectivity index (χ0n) is 18.7. The third-order valence-electron chi connectivity index (χ3n) is 6.40. The molecule has 6 nitrogen and oxygen atoms in total. The van der Waals surface area contributed by atoms with Gasteiger partial charge in [-0.2, -0.15) is 13.2 Å². The number of fused-ring (bicyclic) bond motifs is 2. The molecule has 0 bridgehead atoms. The van der Waals surface area contributed by atoms with Gasteiger partial charge in [0.1, 0.15) is 0 Å². The van der Waals surface area contributed by atoms with Crippen molar-refractivity contribution in [2.75, 3.05) is 10.0 Å². The summed E-state index contributed by atoms with van der Waals surface area (Å²) in [4.78, 5) is 15.9. The van der Waals surface area contributed by atoms with Crippen LogP contribution in [0.1, 0.15) is 53.8 Å². The molecule has 2 heterocycles. The van der Waals surface area contributed by atoms with Crippen LogP contribution in [0.2, 0.25) is 0 Å². The van der Waals surface area contributed by atoms with Crippen molar-refractivity contribution in [2.45, 2.75) is 43.2 Å². The largest absolute Gasteiger partial charge is 0.416 e. The number of sulfonamides is 1. The first-order valence-corrected chi connectivity index (χ1v) is 12.6. The number of rotatable bonds is 4. The van der Waals surface area contributed by atoms with Crippen LogP contribution in [0.15, 0.2) is 53.4 Å². The van der Waals surface area contributed by atoms with Crippen molar-refractivity contribution in [1.29, 1.82) is 0 Å². The average Bonchev–Trinajstić information content (AvgIpc) is 3.34. The Hall–Kier alpha value is -3.53. The summed E-state index contributed by atoms with van der Waals surface area (Å²) in [6, 6.07) is 9.97. The lowest BCUT2D eigenvalue weighted by Gasteiger charge is -2.17. The van der Waals surface area contributed by atoms with Gasteiger partial charge in [0.05, 0.1) is 16.0 Å². The number of aromatic nitrogens is 1. The van der Waals surface area contributed by atoms with Crippen LogP contribution in [-0.2, 0) is 27.4 Å². The lowest BCUT2D eigenvalue weighted by molar-refractivity contribution is -0.137. The van der Waals surface area contributed by atoms with Crippen molar-refractivity contribution in [1.82, 2.24) is 4.98 Å². The van der Waals surface area contributed by atoms with Gasteiger partial charge in [0.2, 0.25) is 0 Å². The van der Waals surface area contributed by atoms with E-state index in [9.17, 15) is 26.4 Å². The van der Waals surface area contributed by atoms with E-state index in [1.165, 1.54) is 23.8 Å². The number of carbonyl (C=O) groups is 1. The van der Waals surface area contributed by atoms with Crippen LogP contribution in [0, 0.1) is 0 Å². The number of benzene rings is 2. The standard InChI is InChI=1S/C25H22F3N3O3S/c1-14-3-2-4-22-19(14)11-17(29-22)12-21-20-13-18(9-10-23(20)30-24(21)32)35(33,34)31-16-7-5-15(6-8-16)25(26,27)28/h5-14,29,31H,2-4H2,1H3,(H,30,32). The molecule has 10 heteroatoms. The van der Waals surface area contributed by atoms with Crippen LogP contribution in [-0.4, -0.2) is 19.3 Å². The van der Waals surface area contributed by atoms with E-state index < -0.39 is 21.8 Å². The third kappa shape index (κ3) is 4.45. The molecule has 3 aromatic rings. The topological polar surface area (TPSA) is 91.1 Å². The molecule has 1 atom stereocenters. The molecular formula is C25H22F3N3O3S. The predicted molar refractivity (Wildman–Crippen MR) is 127 cm³/mol. The summed E-state index contributed by atoms with van der Waals surface area (Å²) in [6.07, 6.45) is 0.351. The maximum atomic E-state index is 12.9. The number of H-pyrrole nitrogens is 1. The number of aryl methyl sites for hydroxylation is 1. The van der Waals surface area contributed by atoms with E-state index in [2.05, 4.69) is 21.9 Å². The number of hydrogen-bond acceptors (Lipinski definition) is 3. The van der Waals surface area contributed by atoms with E-state index in [-0.39, 0.29) is 16.5 Å². The fourth-order valence-corrected chi connectivity index (χ4v) is 5.66. The summed E-state index contributed by atoms with van der Waals surface area (Å²) in [5, 5.41) is 2.74. The highest BCUT2D eigenvalue weighted by Gasteiger charge is 2.31. The lowest BCUT2D eigenvalue weighted by Crippen LogP contribution is -2.13. The van der Waals surface area contributed by atoms with Gasteiger partial charge in [0.15, 0.2) is 0 Å². The molecule has 1 amide bonds. The van der Waals surface area contributed by atoms with E-state index >= 15 is 0 Å². The molecule has 35 heavy (non-hydrogen) atoms. The van der Waals surface area contributed by atoms with E-state index in [1.54, 1.807) is 6.08 Å². The van der Waals surface area contributed by atoms with Crippen molar-refractivity contribution < 1.29 is 26.4 Å². The van der Waals surface area contributed by atoms with Gasteiger partial charge in [-0.15, -0.1) is 0 Å². The zero-order chi connectivity index (χ0) is 25.0. The minimum atomic E-state index is -4.52. The molecule has 2 aromatic carbocycles. The second-order valence-electron chi connectivity index (χ2n) is 8.85. The summed E-state index contributed by atoms with van der Waals surface area (Å²) in [6.45, 7) is 2.17. The Morgan fingerprint density at radius 1 is 1.09 bits per heavy atom. The summed E-state index contributed by atoms with van der Waals surface area (Å²) >= 11 is 0. The predicted octanol–water partition coefficient (Wildman–Crippen LogP) is 5.77. The normalized spacial score (nSPS) is 18.8. The Morgan fingerprint density at radius 2 is 1.83 bits per heavy atom. The van der Waals surface area contributed by atoms with Gasteiger partial charge in [-0.1, -0.05) is 6.92 Å². The van der Waals surface area contributed by atoms with Crippen molar-refractivity contribution in [3.8, 4) is 0 Å². The molecule has 3 N–H and O–H groups in total. The zero-order valence-corrected chi connectivity index (χ0v) is 19.5. The molecule has 0 saturated heterocycles. The first-order valence-electron chi connectivity index (χ1n) is 11.1. The van der Waals surface area contributed by atoms with Gasteiger partial charge in [-0.3, -0.25) is 9.52 Å². The average molecular weight is 502 g/mol. The monoisotopic (exact) mass is 501 g/mol. The summed E-state index contributed by atoms with van der Waals surface area (Å²) in [5.74, 6) is 0.0886. The van der Waals surface area contributed by atoms with Crippen molar-refractivity contribution >= 4 is 39.0 Å². The summed E-state index contributed by atoms with van der Waals surface area (Å²) in [7, 11) is -4.11. The van der Waals surface area contributed by atoms with Crippen LogP contribution in [0.3, 0.4) is 0 Å². The molecule has 0 spiro atoms.